The molecule has 0 radical (unpaired) electrons. The van der Waals surface area contributed by atoms with Crippen LogP contribution in [0.25, 0.3) is 0 Å². The first-order valence-electron chi connectivity index (χ1n) is 9.45. The summed E-state index contributed by atoms with van der Waals surface area (Å²) >= 11 is 7.47. The lowest BCUT2D eigenvalue weighted by Gasteiger charge is -2.24. The van der Waals surface area contributed by atoms with Crippen molar-refractivity contribution in [3.05, 3.63) is 15.3 Å². The van der Waals surface area contributed by atoms with E-state index in [4.69, 9.17) is 30.9 Å². The van der Waals surface area contributed by atoms with Crippen LogP contribution in [0.5, 0.6) is 0 Å². The summed E-state index contributed by atoms with van der Waals surface area (Å²) in [5.41, 5.74) is -0.373. The number of fused-ring (bicyclic) bond motifs is 1. The number of aliphatic hydroxyl groups is 1. The molecule has 1 saturated carbocycles. The van der Waals surface area contributed by atoms with Crippen molar-refractivity contribution in [3.63, 3.8) is 0 Å². The number of halogens is 1. The Morgan fingerprint density at radius 3 is 2.79 bits per heavy atom. The number of nitrogens with one attached hydrogen (secondary N) is 1. The molecule has 2 aliphatic rings. The fourth-order valence-corrected chi connectivity index (χ4v) is 4.53. The third-order valence-corrected chi connectivity index (χ3v) is 5.91. The van der Waals surface area contributed by atoms with Gasteiger partial charge in [0.1, 0.15) is 12.2 Å². The minimum Gasteiger partial charge on any atom is -0.394 e. The van der Waals surface area contributed by atoms with Crippen LogP contribution in [-0.4, -0.2) is 69.1 Å². The van der Waals surface area contributed by atoms with Gasteiger partial charge in [-0.3, -0.25) is 10.1 Å². The van der Waals surface area contributed by atoms with Crippen LogP contribution in [0.1, 0.15) is 33.6 Å². The number of rotatable bonds is 9. The highest BCUT2D eigenvalue weighted by Gasteiger charge is 2.55. The van der Waals surface area contributed by atoms with Gasteiger partial charge in [0.25, 0.3) is 0 Å². The quantitative estimate of drug-likeness (QED) is 0.191. The Labute approximate surface area is 177 Å². The molecule has 3 rings (SSSR count). The third-order valence-electron chi connectivity index (χ3n) is 4.60. The van der Waals surface area contributed by atoms with Crippen LogP contribution < -0.4 is 5.32 Å². The Bertz CT molecular complexity index is 755. The van der Waals surface area contributed by atoms with Crippen LogP contribution >= 0.6 is 23.4 Å². The predicted octanol–water partition coefficient (Wildman–Crippen LogP) is 2.62. The molecule has 29 heavy (non-hydrogen) atoms. The Hall–Kier alpha value is -1.24. The van der Waals surface area contributed by atoms with E-state index < -0.39 is 16.8 Å². The lowest BCUT2D eigenvalue weighted by atomic mass is 10.2. The van der Waals surface area contributed by atoms with Gasteiger partial charge in [0.15, 0.2) is 10.9 Å². The third kappa shape index (κ3) is 5.09. The van der Waals surface area contributed by atoms with Crippen LogP contribution in [0.3, 0.4) is 0 Å². The van der Waals surface area contributed by atoms with E-state index in [2.05, 4.69) is 15.3 Å². The largest absolute Gasteiger partial charge is 0.394 e. The summed E-state index contributed by atoms with van der Waals surface area (Å²) < 4.78 is 17.7. The summed E-state index contributed by atoms with van der Waals surface area (Å²) in [7, 11) is 0. The second-order valence-corrected chi connectivity index (χ2v) is 8.70. The molecular weight excluding hydrogens is 424 g/mol. The number of aromatic nitrogens is 2. The van der Waals surface area contributed by atoms with Crippen molar-refractivity contribution < 1.29 is 24.2 Å². The van der Waals surface area contributed by atoms with Gasteiger partial charge in [-0.2, -0.15) is 4.98 Å². The first kappa shape index (κ1) is 22.4. The number of nitrogens with zero attached hydrogens (tertiary/aromatic N) is 3. The van der Waals surface area contributed by atoms with Crippen molar-refractivity contribution in [2.45, 2.75) is 68.9 Å². The first-order chi connectivity index (χ1) is 13.8. The zero-order valence-electron chi connectivity index (χ0n) is 16.5. The van der Waals surface area contributed by atoms with Gasteiger partial charge in [-0.05, 0) is 26.7 Å². The molecule has 0 bridgehead atoms. The molecule has 1 aliphatic heterocycles. The molecule has 0 spiro atoms. The minimum atomic E-state index is -0.812. The smallest absolute Gasteiger partial charge is 0.348 e. The Balaban J connectivity index is 1.87. The maximum absolute atomic E-state index is 11.6. The van der Waals surface area contributed by atoms with Crippen molar-refractivity contribution in [2.75, 3.05) is 24.3 Å². The fourth-order valence-electron chi connectivity index (χ4n) is 3.55. The summed E-state index contributed by atoms with van der Waals surface area (Å²) in [4.78, 5) is 19.3. The van der Waals surface area contributed by atoms with Gasteiger partial charge in [0, 0.05) is 5.75 Å². The van der Waals surface area contributed by atoms with E-state index in [-0.39, 0.29) is 48.1 Å². The monoisotopic (exact) mass is 448 g/mol. The molecule has 1 aromatic heterocycles. The number of nitro groups is 1. The zero-order valence-corrected chi connectivity index (χ0v) is 18.0. The highest BCUT2D eigenvalue weighted by Crippen LogP contribution is 2.42. The first-order valence-corrected chi connectivity index (χ1v) is 10.8. The van der Waals surface area contributed by atoms with E-state index in [9.17, 15) is 10.1 Å². The number of hydrogen-bond donors (Lipinski definition) is 2. The molecule has 12 heteroatoms. The van der Waals surface area contributed by atoms with Crippen LogP contribution in [-0.2, 0) is 14.2 Å². The molecule has 4 atom stereocenters. The normalized spacial score (nSPS) is 27.8. The second kappa shape index (κ2) is 9.27. The number of ether oxygens (including phenoxy) is 3. The Morgan fingerprint density at radius 1 is 1.41 bits per heavy atom. The van der Waals surface area contributed by atoms with Crippen molar-refractivity contribution in [3.8, 4) is 0 Å². The van der Waals surface area contributed by atoms with Gasteiger partial charge in [-0.1, -0.05) is 30.3 Å². The zero-order chi connectivity index (χ0) is 21.2. The van der Waals surface area contributed by atoms with Crippen molar-refractivity contribution in [1.82, 2.24) is 9.97 Å². The van der Waals surface area contributed by atoms with E-state index in [1.165, 1.54) is 11.8 Å². The summed E-state index contributed by atoms with van der Waals surface area (Å²) in [6.45, 7) is 5.68. The standard InChI is InChI=1S/C17H25ClN4O6S/c1-4-7-29-16-20-14(18)11(22(24)25)15(21-16)19-9-8-10(26-6-5-23)13-12(9)27-17(2,3)28-13/h9-10,12-13,23H,4-8H2,1-3H3,(H,19,20,21)/t9?,10-,12?,13?/m0/s1. The summed E-state index contributed by atoms with van der Waals surface area (Å²) in [5, 5.41) is 23.9. The van der Waals surface area contributed by atoms with Gasteiger partial charge < -0.3 is 24.6 Å². The van der Waals surface area contributed by atoms with Gasteiger partial charge in [-0.15, -0.1) is 0 Å². The number of thioether (sulfide) groups is 1. The van der Waals surface area contributed by atoms with Gasteiger partial charge >= 0.3 is 5.69 Å². The molecule has 1 saturated heterocycles. The van der Waals surface area contributed by atoms with E-state index in [1.54, 1.807) is 13.8 Å². The average Bonchev–Trinajstić information content (AvgIpc) is 3.11. The van der Waals surface area contributed by atoms with Crippen LogP contribution in [0.4, 0.5) is 11.5 Å². The highest BCUT2D eigenvalue weighted by atomic mass is 35.5. The van der Waals surface area contributed by atoms with E-state index >= 15 is 0 Å². The second-order valence-electron chi connectivity index (χ2n) is 7.28. The lowest BCUT2D eigenvalue weighted by Crippen LogP contribution is -2.35. The maximum Gasteiger partial charge on any atom is 0.348 e. The number of anilines is 1. The SMILES string of the molecule is CCCSc1nc(Cl)c([N+](=O)[O-])c(NC2C[C@H](OCCO)C3OC(C)(C)OC23)n1. The molecule has 1 aliphatic carbocycles. The molecule has 2 heterocycles. The van der Waals surface area contributed by atoms with Gasteiger partial charge in [0.2, 0.25) is 11.0 Å². The summed E-state index contributed by atoms with van der Waals surface area (Å²) in [6.07, 6.45) is 0.300. The average molecular weight is 449 g/mol. The molecule has 10 nitrogen and oxygen atoms in total. The Kier molecular flexibility index (Phi) is 7.18. The van der Waals surface area contributed by atoms with Crippen molar-refractivity contribution >= 4 is 34.9 Å². The van der Waals surface area contributed by atoms with E-state index in [0.717, 1.165) is 12.2 Å². The molecule has 0 amide bonds. The van der Waals surface area contributed by atoms with Gasteiger partial charge in [0.05, 0.1) is 30.3 Å². The van der Waals surface area contributed by atoms with Crippen LogP contribution in [0.15, 0.2) is 5.16 Å². The molecule has 1 aromatic rings. The predicted molar refractivity (Wildman–Crippen MR) is 107 cm³/mol. The molecule has 3 unspecified atom stereocenters. The summed E-state index contributed by atoms with van der Waals surface area (Å²) in [5.74, 6) is 0.00568. The van der Waals surface area contributed by atoms with Crippen molar-refractivity contribution in [1.29, 1.82) is 0 Å². The molecule has 0 aromatic carbocycles. The maximum atomic E-state index is 11.6. The molecule has 2 N–H and O–H groups in total. The van der Waals surface area contributed by atoms with Crippen LogP contribution in [0.2, 0.25) is 5.15 Å². The Morgan fingerprint density at radius 2 is 2.14 bits per heavy atom. The van der Waals surface area contributed by atoms with Gasteiger partial charge in [-0.25, -0.2) is 4.98 Å². The molecular formula is C17H25ClN4O6S. The fraction of sp³-hybridized carbons (Fsp3) is 0.765. The molecule has 162 valence electrons. The van der Waals surface area contributed by atoms with Crippen LogP contribution in [0, 0.1) is 10.1 Å². The van der Waals surface area contributed by atoms with Crippen molar-refractivity contribution in [2.24, 2.45) is 0 Å². The lowest BCUT2D eigenvalue weighted by molar-refractivity contribution is -0.384. The van der Waals surface area contributed by atoms with E-state index in [1.807, 2.05) is 6.92 Å². The number of aliphatic hydroxyl groups excluding tert-OH is 1. The van der Waals surface area contributed by atoms with E-state index in [0.29, 0.717) is 11.6 Å². The molecule has 2 fully saturated rings. The highest BCUT2D eigenvalue weighted by molar-refractivity contribution is 7.99. The topological polar surface area (TPSA) is 129 Å². The minimum absolute atomic E-state index is 0.0495. The number of hydrogen-bond acceptors (Lipinski definition) is 10. The summed E-state index contributed by atoms with van der Waals surface area (Å²) in [6, 6.07) is -0.348.